The maximum Gasteiger partial charge on any atom is 0.305 e. The fourth-order valence-electron chi connectivity index (χ4n) is 3.41. The second-order valence-corrected chi connectivity index (χ2v) is 11.3. The minimum absolute atomic E-state index is 0.225. The first-order chi connectivity index (χ1) is 14.5. The summed E-state index contributed by atoms with van der Waals surface area (Å²) in [7, 11) is -6.14. The fraction of sp³-hybridized carbons (Fsp3) is 0.952. The molecule has 0 rings (SSSR count). The molecule has 0 aliphatic heterocycles. The molecule has 0 aliphatic carbocycles. The van der Waals surface area contributed by atoms with Crippen LogP contribution in [0, 0.1) is 0 Å². The average molecular weight is 487 g/mol. The highest BCUT2D eigenvalue weighted by Gasteiger charge is 2.29. The highest BCUT2D eigenvalue weighted by atomic mass is 32.2. The maximum atomic E-state index is 11.8. The zero-order valence-corrected chi connectivity index (χ0v) is 21.3. The van der Waals surface area contributed by atoms with Gasteiger partial charge >= 0.3 is 5.97 Å². The Morgan fingerprint density at radius 3 is 1.45 bits per heavy atom. The molecular weight excluding hydrogens is 444 g/mol. The van der Waals surface area contributed by atoms with Crippen LogP contribution in [-0.2, 0) is 38.1 Å². The van der Waals surface area contributed by atoms with E-state index in [1.165, 1.54) is 13.5 Å². The van der Waals surface area contributed by atoms with E-state index in [9.17, 15) is 21.6 Å². The van der Waals surface area contributed by atoms with E-state index in [1.807, 2.05) is 0 Å². The summed E-state index contributed by atoms with van der Waals surface area (Å²) in [5.74, 6) is -0.225. The Morgan fingerprint density at radius 2 is 1.06 bits per heavy atom. The van der Waals surface area contributed by atoms with Crippen molar-refractivity contribution in [2.24, 2.45) is 0 Å². The second kappa shape index (κ2) is 16.9. The fourth-order valence-corrected chi connectivity index (χ4v) is 4.75. The van der Waals surface area contributed by atoms with E-state index in [2.05, 4.69) is 11.7 Å². The molecule has 0 amide bonds. The van der Waals surface area contributed by atoms with Crippen LogP contribution in [0.15, 0.2) is 0 Å². The number of esters is 1. The van der Waals surface area contributed by atoms with Crippen LogP contribution in [0.1, 0.15) is 96.8 Å². The van der Waals surface area contributed by atoms with E-state index in [4.69, 9.17) is 8.37 Å². The Bertz CT molecular complexity index is 673. The standard InChI is InChI=1S/C21H42O8S2/c1-5-6-7-8-10-13-16-19(28-30(3,23)24)20(29-31(4,25)26)17-14-11-9-12-15-18-21(22)27-2/h19-20H,5-18H2,1-4H3/t19-,20-/m0/s1. The van der Waals surface area contributed by atoms with Gasteiger partial charge in [0.2, 0.25) is 0 Å². The summed E-state index contributed by atoms with van der Waals surface area (Å²) in [5.41, 5.74) is 0. The van der Waals surface area contributed by atoms with Gasteiger partial charge in [0.25, 0.3) is 20.2 Å². The molecule has 0 aromatic heterocycles. The van der Waals surface area contributed by atoms with Gasteiger partial charge in [0.15, 0.2) is 0 Å². The van der Waals surface area contributed by atoms with E-state index in [0.717, 1.165) is 70.3 Å². The van der Waals surface area contributed by atoms with Crippen LogP contribution in [-0.4, -0.2) is 54.6 Å². The summed E-state index contributed by atoms with van der Waals surface area (Å²) in [6.07, 6.45) is 11.7. The van der Waals surface area contributed by atoms with Crippen molar-refractivity contribution in [1.82, 2.24) is 0 Å². The SMILES string of the molecule is CCCCCCCC[C@H](OS(C)(=O)=O)[C@H](CCCCCCCC(=O)OC)OS(C)(=O)=O. The van der Waals surface area contributed by atoms with Crippen molar-refractivity contribution in [3.63, 3.8) is 0 Å². The zero-order chi connectivity index (χ0) is 23.8. The summed E-state index contributed by atoms with van der Waals surface area (Å²) in [4.78, 5) is 11.1. The van der Waals surface area contributed by atoms with Crippen LogP contribution in [0.4, 0.5) is 0 Å². The van der Waals surface area contributed by atoms with Gasteiger partial charge in [-0.1, -0.05) is 71.1 Å². The molecule has 0 saturated heterocycles. The number of hydrogen-bond donors (Lipinski definition) is 0. The lowest BCUT2D eigenvalue weighted by molar-refractivity contribution is -0.140. The maximum absolute atomic E-state index is 11.8. The smallest absolute Gasteiger partial charge is 0.305 e. The molecule has 0 N–H and O–H groups in total. The molecule has 0 radical (unpaired) electrons. The van der Waals surface area contributed by atoms with E-state index in [1.54, 1.807) is 0 Å². The third kappa shape index (κ3) is 19.7. The quantitative estimate of drug-likeness (QED) is 0.142. The first-order valence-corrected chi connectivity index (χ1v) is 14.9. The lowest BCUT2D eigenvalue weighted by atomic mass is 9.99. The number of methoxy groups -OCH3 is 1. The number of carbonyl (C=O) groups excluding carboxylic acids is 1. The molecule has 0 aromatic rings. The van der Waals surface area contributed by atoms with E-state index >= 15 is 0 Å². The van der Waals surface area contributed by atoms with Gasteiger partial charge in [0.1, 0.15) is 12.2 Å². The van der Waals surface area contributed by atoms with Crippen LogP contribution < -0.4 is 0 Å². The molecule has 186 valence electrons. The Labute approximate surface area is 189 Å². The van der Waals surface area contributed by atoms with Gasteiger partial charge in [-0.2, -0.15) is 16.8 Å². The van der Waals surface area contributed by atoms with Crippen molar-refractivity contribution in [3.05, 3.63) is 0 Å². The summed E-state index contributed by atoms with van der Waals surface area (Å²) in [5, 5.41) is 0. The number of hydrogen-bond acceptors (Lipinski definition) is 8. The molecule has 0 aromatic carbocycles. The van der Waals surface area contributed by atoms with Crippen molar-refractivity contribution in [1.29, 1.82) is 0 Å². The summed E-state index contributed by atoms with van der Waals surface area (Å²) < 4.78 is 62.1. The average Bonchev–Trinajstić information content (AvgIpc) is 2.66. The molecule has 31 heavy (non-hydrogen) atoms. The number of ether oxygens (including phenoxy) is 1. The lowest BCUT2D eigenvalue weighted by Crippen LogP contribution is -2.35. The van der Waals surface area contributed by atoms with Crippen molar-refractivity contribution < 1.29 is 34.7 Å². The Hall–Kier alpha value is -0.710. The van der Waals surface area contributed by atoms with Gasteiger partial charge in [-0.3, -0.25) is 13.2 Å². The molecule has 2 atom stereocenters. The lowest BCUT2D eigenvalue weighted by Gasteiger charge is -2.25. The largest absolute Gasteiger partial charge is 0.469 e. The van der Waals surface area contributed by atoms with Gasteiger partial charge in [0, 0.05) is 6.42 Å². The van der Waals surface area contributed by atoms with Gasteiger partial charge in [0.05, 0.1) is 19.6 Å². The summed E-state index contributed by atoms with van der Waals surface area (Å²) in [6, 6.07) is 0. The molecule has 0 heterocycles. The van der Waals surface area contributed by atoms with Crippen molar-refractivity contribution in [3.8, 4) is 0 Å². The number of unbranched alkanes of at least 4 members (excludes halogenated alkanes) is 9. The van der Waals surface area contributed by atoms with E-state index in [0.29, 0.717) is 25.7 Å². The molecule has 0 fully saturated rings. The molecule has 0 unspecified atom stereocenters. The summed E-state index contributed by atoms with van der Waals surface area (Å²) in [6.45, 7) is 2.14. The first-order valence-electron chi connectivity index (χ1n) is 11.3. The van der Waals surface area contributed by atoms with Crippen molar-refractivity contribution in [2.45, 2.75) is 109 Å². The molecule has 0 spiro atoms. The summed E-state index contributed by atoms with van der Waals surface area (Å²) >= 11 is 0. The Balaban J connectivity index is 4.74. The highest BCUT2D eigenvalue weighted by Crippen LogP contribution is 2.22. The van der Waals surface area contributed by atoms with Crippen LogP contribution in [0.3, 0.4) is 0 Å². The Kier molecular flexibility index (Phi) is 16.5. The van der Waals surface area contributed by atoms with Gasteiger partial charge < -0.3 is 4.74 Å². The molecular formula is C21H42O8S2. The second-order valence-electron chi connectivity index (χ2n) is 8.12. The normalized spacial score (nSPS) is 14.3. The van der Waals surface area contributed by atoms with Crippen molar-refractivity contribution in [2.75, 3.05) is 19.6 Å². The van der Waals surface area contributed by atoms with Crippen LogP contribution >= 0.6 is 0 Å². The first kappa shape index (κ1) is 30.3. The highest BCUT2D eigenvalue weighted by molar-refractivity contribution is 7.86. The predicted molar refractivity (Wildman–Crippen MR) is 122 cm³/mol. The third-order valence-electron chi connectivity index (χ3n) is 4.95. The van der Waals surface area contributed by atoms with E-state index < -0.39 is 32.4 Å². The van der Waals surface area contributed by atoms with Crippen LogP contribution in [0.2, 0.25) is 0 Å². The molecule has 0 saturated carbocycles. The number of carbonyl (C=O) groups is 1. The molecule has 0 bridgehead atoms. The molecule has 10 heteroatoms. The van der Waals surface area contributed by atoms with Gasteiger partial charge in [-0.25, -0.2) is 0 Å². The molecule has 8 nitrogen and oxygen atoms in total. The minimum atomic E-state index is -3.76. The van der Waals surface area contributed by atoms with Gasteiger partial charge in [-0.15, -0.1) is 0 Å². The minimum Gasteiger partial charge on any atom is -0.469 e. The monoisotopic (exact) mass is 486 g/mol. The Morgan fingerprint density at radius 1 is 0.677 bits per heavy atom. The third-order valence-corrected chi connectivity index (χ3v) is 6.14. The number of rotatable bonds is 20. The van der Waals surface area contributed by atoms with Crippen molar-refractivity contribution >= 4 is 26.2 Å². The zero-order valence-electron chi connectivity index (χ0n) is 19.6. The topological polar surface area (TPSA) is 113 Å². The van der Waals surface area contributed by atoms with Crippen LogP contribution in [0.25, 0.3) is 0 Å². The predicted octanol–water partition coefficient (Wildman–Crippen LogP) is 4.33. The molecule has 0 aliphatic rings. The van der Waals surface area contributed by atoms with Gasteiger partial charge in [-0.05, 0) is 19.3 Å². The van der Waals surface area contributed by atoms with Crippen LogP contribution in [0.5, 0.6) is 0 Å². The van der Waals surface area contributed by atoms with E-state index in [-0.39, 0.29) is 5.97 Å².